The summed E-state index contributed by atoms with van der Waals surface area (Å²) in [6.45, 7) is 5.99. The van der Waals surface area contributed by atoms with Crippen LogP contribution in [-0.2, 0) is 44.2 Å². The highest BCUT2D eigenvalue weighted by Crippen LogP contribution is 2.60. The van der Waals surface area contributed by atoms with Crippen LogP contribution in [0.1, 0.15) is 35.6 Å². The standard InChI is InChI=1S/C41H42BrN3O7Si/c1-25-39(53(2,3)50)36(20-37(47)43-22-28-11-5-4-10-27(28)18-31(43)23-46)52-41(25)32-19-29(42)15-16-33(32)44(40(41)49)21-26-9-8-12-30(17-26)45-34-13-6-7-14-35(34)51-24-38(45)48/h4-17,19,25,31,36,39,46,50H,18,20-24H2,1-3H3/t25-,31+,36+,39-,41+/m1/s1. The first-order valence-electron chi connectivity index (χ1n) is 18.0. The van der Waals surface area contributed by atoms with E-state index in [2.05, 4.69) is 15.9 Å². The number of carbonyl (C=O) groups excluding carboxylic acids is 3. The fourth-order valence-corrected chi connectivity index (χ4v) is 12.0. The van der Waals surface area contributed by atoms with E-state index in [0.29, 0.717) is 41.3 Å². The van der Waals surface area contributed by atoms with E-state index in [-0.39, 0.29) is 49.9 Å². The molecule has 4 aliphatic rings. The van der Waals surface area contributed by atoms with Crippen molar-refractivity contribution in [3.05, 3.63) is 118 Å². The van der Waals surface area contributed by atoms with Crippen molar-refractivity contribution in [1.82, 2.24) is 4.90 Å². The minimum atomic E-state index is -3.04. The van der Waals surface area contributed by atoms with Crippen molar-refractivity contribution in [3.8, 4) is 5.75 Å². The molecule has 4 heterocycles. The number of ether oxygens (including phenoxy) is 2. The Kier molecular flexibility index (Phi) is 9.09. The van der Waals surface area contributed by atoms with Gasteiger partial charge in [0.15, 0.2) is 20.5 Å². The first kappa shape index (κ1) is 35.7. The van der Waals surface area contributed by atoms with Crippen molar-refractivity contribution in [2.45, 2.75) is 69.2 Å². The quantitative estimate of drug-likeness (QED) is 0.214. The third kappa shape index (κ3) is 6.00. The first-order valence-corrected chi connectivity index (χ1v) is 21.9. The minimum Gasteiger partial charge on any atom is -0.482 e. The van der Waals surface area contributed by atoms with Crippen LogP contribution in [0.4, 0.5) is 17.1 Å². The summed E-state index contributed by atoms with van der Waals surface area (Å²) in [5.74, 6) is -0.460. The molecule has 1 spiro atoms. The van der Waals surface area contributed by atoms with Gasteiger partial charge < -0.3 is 29.2 Å². The lowest BCUT2D eigenvalue weighted by Gasteiger charge is -2.37. The van der Waals surface area contributed by atoms with E-state index < -0.39 is 31.5 Å². The van der Waals surface area contributed by atoms with Crippen molar-refractivity contribution >= 4 is 59.0 Å². The number of fused-ring (bicyclic) bond motifs is 4. The van der Waals surface area contributed by atoms with Crippen LogP contribution in [0.2, 0.25) is 18.6 Å². The molecule has 53 heavy (non-hydrogen) atoms. The van der Waals surface area contributed by atoms with Crippen molar-refractivity contribution in [2.75, 3.05) is 23.0 Å². The maximum Gasteiger partial charge on any atom is 0.269 e. The molecule has 0 unspecified atom stereocenters. The molecule has 10 nitrogen and oxygen atoms in total. The monoisotopic (exact) mass is 795 g/mol. The van der Waals surface area contributed by atoms with Crippen LogP contribution in [0.15, 0.2) is 95.5 Å². The van der Waals surface area contributed by atoms with E-state index in [1.807, 2.05) is 111 Å². The Labute approximate surface area is 318 Å². The molecule has 5 atom stereocenters. The molecule has 0 aliphatic carbocycles. The van der Waals surface area contributed by atoms with Gasteiger partial charge in [0.2, 0.25) is 5.91 Å². The maximum atomic E-state index is 15.1. The van der Waals surface area contributed by atoms with Crippen molar-refractivity contribution < 1.29 is 33.8 Å². The van der Waals surface area contributed by atoms with Crippen LogP contribution >= 0.6 is 15.9 Å². The molecule has 8 rings (SSSR count). The number of benzene rings is 4. The SMILES string of the molecule is C[C@@H]1[C@@H]([Si](C)(C)O)[C@H](CC(=O)N2Cc3ccccc3C[C@H]2CO)O[C@@]12C(=O)N(Cc1cccc(N3C(=O)COc4ccccc43)c1)c1ccc(Br)cc12. The van der Waals surface area contributed by atoms with Crippen molar-refractivity contribution in [2.24, 2.45) is 5.92 Å². The molecule has 0 saturated carbocycles. The van der Waals surface area contributed by atoms with E-state index in [9.17, 15) is 19.5 Å². The van der Waals surface area contributed by atoms with Crippen LogP contribution in [-0.4, -0.2) is 66.2 Å². The second kappa shape index (κ2) is 13.5. The van der Waals surface area contributed by atoms with E-state index in [1.165, 1.54) is 0 Å². The lowest BCUT2D eigenvalue weighted by atomic mass is 9.82. The van der Waals surface area contributed by atoms with Gasteiger partial charge in [-0.1, -0.05) is 71.4 Å². The van der Waals surface area contributed by atoms with Gasteiger partial charge in [-0.2, -0.15) is 0 Å². The summed E-state index contributed by atoms with van der Waals surface area (Å²) in [5, 5.41) is 10.3. The van der Waals surface area contributed by atoms with E-state index in [1.54, 1.807) is 14.7 Å². The normalized spacial score (nSPS) is 25.0. The van der Waals surface area contributed by atoms with Crippen LogP contribution in [0.3, 0.4) is 0 Å². The average Bonchev–Trinajstić information content (AvgIpc) is 3.56. The number of halogens is 1. The van der Waals surface area contributed by atoms with Crippen LogP contribution < -0.4 is 14.5 Å². The molecule has 3 amide bonds. The zero-order valence-electron chi connectivity index (χ0n) is 29.9. The lowest BCUT2D eigenvalue weighted by Crippen LogP contribution is -2.48. The number of carbonyl (C=O) groups is 3. The highest BCUT2D eigenvalue weighted by molar-refractivity contribution is 9.10. The molecule has 1 saturated heterocycles. The highest BCUT2D eigenvalue weighted by Gasteiger charge is 2.66. The maximum absolute atomic E-state index is 15.1. The molecule has 4 aromatic rings. The number of aliphatic hydroxyl groups is 1. The topological polar surface area (TPSA) is 120 Å². The summed E-state index contributed by atoms with van der Waals surface area (Å²) in [5.41, 5.74) is 3.79. The smallest absolute Gasteiger partial charge is 0.269 e. The second-order valence-corrected chi connectivity index (χ2v) is 20.0. The summed E-state index contributed by atoms with van der Waals surface area (Å²) < 4.78 is 13.4. The number of anilines is 3. The summed E-state index contributed by atoms with van der Waals surface area (Å²) >= 11 is 3.63. The molecule has 0 radical (unpaired) electrons. The predicted molar refractivity (Wildman–Crippen MR) is 206 cm³/mol. The fraction of sp³-hybridized carbons (Fsp3) is 0.341. The minimum absolute atomic E-state index is 0.0277. The summed E-state index contributed by atoms with van der Waals surface area (Å²) in [4.78, 5) is 59.3. The van der Waals surface area contributed by atoms with E-state index >= 15 is 4.79 Å². The Balaban J connectivity index is 1.12. The molecule has 274 valence electrons. The highest BCUT2D eigenvalue weighted by atomic mass is 79.9. The Bertz CT molecular complexity index is 2120. The number of nitrogens with zero attached hydrogens (tertiary/aromatic N) is 3. The van der Waals surface area contributed by atoms with Gasteiger partial charge in [-0.25, -0.2) is 0 Å². The molecule has 0 bridgehead atoms. The molecule has 4 aromatic carbocycles. The second-order valence-electron chi connectivity index (χ2n) is 15.1. The molecular weight excluding hydrogens is 754 g/mol. The van der Waals surface area contributed by atoms with Gasteiger partial charge in [0, 0.05) is 33.7 Å². The Morgan fingerprint density at radius 1 is 0.962 bits per heavy atom. The number of para-hydroxylation sites is 2. The average molecular weight is 797 g/mol. The van der Waals surface area contributed by atoms with E-state index in [0.717, 1.165) is 21.2 Å². The molecule has 0 aromatic heterocycles. The van der Waals surface area contributed by atoms with Crippen LogP contribution in [0, 0.1) is 5.92 Å². The molecule has 12 heteroatoms. The number of hydrogen-bond donors (Lipinski definition) is 2. The van der Waals surface area contributed by atoms with Gasteiger partial charge in [-0.3, -0.25) is 19.3 Å². The van der Waals surface area contributed by atoms with Crippen molar-refractivity contribution in [3.63, 3.8) is 0 Å². The molecular formula is C41H42BrN3O7Si. The number of amides is 3. The number of rotatable bonds is 7. The van der Waals surface area contributed by atoms with Gasteiger partial charge in [0.25, 0.3) is 11.8 Å². The zero-order valence-corrected chi connectivity index (χ0v) is 32.5. The Morgan fingerprint density at radius 3 is 2.49 bits per heavy atom. The summed E-state index contributed by atoms with van der Waals surface area (Å²) in [7, 11) is -3.04. The Hall–Kier alpha value is -4.33. The molecule has 2 N–H and O–H groups in total. The molecule has 1 fully saturated rings. The number of hydrogen-bond acceptors (Lipinski definition) is 7. The summed E-state index contributed by atoms with van der Waals surface area (Å²) in [6.07, 6.45) is -0.205. The predicted octanol–water partition coefficient (Wildman–Crippen LogP) is 6.19. The third-order valence-corrected chi connectivity index (χ3v) is 14.4. The van der Waals surface area contributed by atoms with E-state index in [4.69, 9.17) is 9.47 Å². The van der Waals surface area contributed by atoms with Gasteiger partial charge in [0.05, 0.1) is 43.1 Å². The number of aliphatic hydroxyl groups excluding tert-OH is 1. The lowest BCUT2D eigenvalue weighted by molar-refractivity contribution is -0.151. The van der Waals surface area contributed by atoms with Crippen LogP contribution in [0.25, 0.3) is 0 Å². The summed E-state index contributed by atoms with van der Waals surface area (Å²) in [6, 6.07) is 28.3. The van der Waals surface area contributed by atoms with Gasteiger partial charge >= 0.3 is 0 Å². The zero-order chi connectivity index (χ0) is 37.2. The van der Waals surface area contributed by atoms with Gasteiger partial charge in [0.1, 0.15) is 5.75 Å². The van der Waals surface area contributed by atoms with Gasteiger partial charge in [-0.15, -0.1) is 0 Å². The largest absolute Gasteiger partial charge is 0.482 e. The van der Waals surface area contributed by atoms with Gasteiger partial charge in [-0.05, 0) is 78.7 Å². The van der Waals surface area contributed by atoms with Crippen LogP contribution in [0.5, 0.6) is 5.75 Å². The molecule has 4 aliphatic heterocycles. The van der Waals surface area contributed by atoms with Crippen molar-refractivity contribution in [1.29, 1.82) is 0 Å². The first-order chi connectivity index (χ1) is 25.4. The Morgan fingerprint density at radius 2 is 1.72 bits per heavy atom. The third-order valence-electron chi connectivity index (χ3n) is 11.4. The fourth-order valence-electron chi connectivity index (χ4n) is 9.10.